The van der Waals surface area contributed by atoms with Gasteiger partial charge in [0.05, 0.1) is 6.04 Å². The maximum absolute atomic E-state index is 12.3. The van der Waals surface area contributed by atoms with Crippen LogP contribution < -0.4 is 5.32 Å². The van der Waals surface area contributed by atoms with Gasteiger partial charge in [-0.2, -0.15) is 0 Å². The van der Waals surface area contributed by atoms with Crippen molar-refractivity contribution in [2.45, 2.75) is 39.4 Å². The number of thiophene rings is 1. The number of hydrogen-bond donors (Lipinski definition) is 1. The van der Waals surface area contributed by atoms with E-state index in [0.717, 1.165) is 13.0 Å². The molecular weight excluding hydrogens is 232 g/mol. The second-order valence-electron chi connectivity index (χ2n) is 4.57. The molecular formula is C13H20N2OS. The van der Waals surface area contributed by atoms with Gasteiger partial charge in [0.15, 0.2) is 0 Å². The monoisotopic (exact) mass is 252 g/mol. The van der Waals surface area contributed by atoms with Crippen LogP contribution in [0.2, 0.25) is 0 Å². The predicted molar refractivity (Wildman–Crippen MR) is 70.8 cm³/mol. The molecule has 1 aliphatic rings. The van der Waals surface area contributed by atoms with E-state index in [9.17, 15) is 4.79 Å². The number of rotatable bonds is 4. The normalized spacial score (nSPS) is 26.5. The van der Waals surface area contributed by atoms with Gasteiger partial charge in [-0.15, -0.1) is 11.3 Å². The van der Waals surface area contributed by atoms with Gasteiger partial charge in [0.25, 0.3) is 0 Å². The van der Waals surface area contributed by atoms with Crippen LogP contribution in [-0.4, -0.2) is 23.4 Å². The second-order valence-corrected chi connectivity index (χ2v) is 5.55. The molecule has 1 N–H and O–H groups in total. The lowest BCUT2D eigenvalue weighted by Crippen LogP contribution is -2.35. The van der Waals surface area contributed by atoms with Crippen LogP contribution in [0.25, 0.3) is 0 Å². The Bertz CT molecular complexity index is 377. The third kappa shape index (κ3) is 2.24. The fourth-order valence-electron chi connectivity index (χ4n) is 2.30. The highest BCUT2D eigenvalue weighted by Crippen LogP contribution is 2.30. The SMILES string of the molecule is CCC(C)C1NC(c2cccs2)N(CC)C1=O. The zero-order valence-corrected chi connectivity index (χ0v) is 11.5. The quantitative estimate of drug-likeness (QED) is 0.893. The minimum absolute atomic E-state index is 0.0212. The lowest BCUT2D eigenvalue weighted by Gasteiger charge is -2.21. The summed E-state index contributed by atoms with van der Waals surface area (Å²) >= 11 is 1.71. The molecule has 0 spiro atoms. The van der Waals surface area contributed by atoms with Crippen molar-refractivity contribution in [2.24, 2.45) is 5.92 Å². The number of nitrogens with zero attached hydrogens (tertiary/aromatic N) is 1. The number of carbonyl (C=O) groups excluding carboxylic acids is 1. The molecule has 17 heavy (non-hydrogen) atoms. The van der Waals surface area contributed by atoms with Gasteiger partial charge in [-0.3, -0.25) is 10.1 Å². The molecule has 1 aromatic heterocycles. The number of nitrogens with one attached hydrogen (secondary N) is 1. The second kappa shape index (κ2) is 5.19. The first kappa shape index (κ1) is 12.6. The molecule has 3 unspecified atom stereocenters. The molecule has 0 aliphatic carbocycles. The Hall–Kier alpha value is -0.870. The summed E-state index contributed by atoms with van der Waals surface area (Å²) < 4.78 is 0. The van der Waals surface area contributed by atoms with Crippen molar-refractivity contribution in [3.05, 3.63) is 22.4 Å². The average Bonchev–Trinajstić information content (AvgIpc) is 2.95. The van der Waals surface area contributed by atoms with E-state index < -0.39 is 0 Å². The van der Waals surface area contributed by atoms with E-state index in [2.05, 4.69) is 30.6 Å². The molecule has 4 heteroatoms. The summed E-state index contributed by atoms with van der Waals surface area (Å²) in [4.78, 5) is 15.5. The van der Waals surface area contributed by atoms with Gasteiger partial charge >= 0.3 is 0 Å². The van der Waals surface area contributed by atoms with Crippen LogP contribution in [0.5, 0.6) is 0 Å². The first-order chi connectivity index (χ1) is 8.19. The highest BCUT2D eigenvalue weighted by Gasteiger charge is 2.41. The molecule has 0 saturated carbocycles. The van der Waals surface area contributed by atoms with Crippen LogP contribution in [0.3, 0.4) is 0 Å². The summed E-state index contributed by atoms with van der Waals surface area (Å²) in [6.45, 7) is 7.08. The lowest BCUT2D eigenvalue weighted by molar-refractivity contribution is -0.130. The lowest BCUT2D eigenvalue weighted by atomic mass is 9.99. The Balaban J connectivity index is 2.21. The van der Waals surface area contributed by atoms with Crippen molar-refractivity contribution in [3.8, 4) is 0 Å². The topological polar surface area (TPSA) is 32.3 Å². The third-order valence-corrected chi connectivity index (χ3v) is 4.49. The summed E-state index contributed by atoms with van der Waals surface area (Å²) in [5.74, 6) is 0.641. The molecule has 94 valence electrons. The number of hydrogen-bond acceptors (Lipinski definition) is 3. The van der Waals surface area contributed by atoms with E-state index in [1.165, 1.54) is 4.88 Å². The predicted octanol–water partition coefficient (Wildman–Crippen LogP) is 2.61. The Kier molecular flexibility index (Phi) is 3.84. The molecule has 2 heterocycles. The first-order valence-electron chi connectivity index (χ1n) is 6.29. The van der Waals surface area contributed by atoms with E-state index in [4.69, 9.17) is 0 Å². The van der Waals surface area contributed by atoms with Crippen molar-refractivity contribution in [3.63, 3.8) is 0 Å². The molecule has 3 atom stereocenters. The van der Waals surface area contributed by atoms with Crippen molar-refractivity contribution < 1.29 is 4.79 Å². The van der Waals surface area contributed by atoms with Crippen molar-refractivity contribution in [2.75, 3.05) is 6.54 Å². The largest absolute Gasteiger partial charge is 0.321 e. The van der Waals surface area contributed by atoms with Gasteiger partial charge in [0.1, 0.15) is 6.17 Å². The zero-order valence-electron chi connectivity index (χ0n) is 10.6. The average molecular weight is 252 g/mol. The molecule has 1 saturated heterocycles. The first-order valence-corrected chi connectivity index (χ1v) is 7.16. The van der Waals surface area contributed by atoms with Crippen LogP contribution in [0.4, 0.5) is 0 Å². The van der Waals surface area contributed by atoms with Gasteiger partial charge in [-0.25, -0.2) is 0 Å². The van der Waals surface area contributed by atoms with E-state index in [-0.39, 0.29) is 18.1 Å². The van der Waals surface area contributed by atoms with Crippen molar-refractivity contribution in [1.29, 1.82) is 0 Å². The third-order valence-electron chi connectivity index (χ3n) is 3.56. The summed E-state index contributed by atoms with van der Waals surface area (Å²) in [5, 5.41) is 5.54. The maximum atomic E-state index is 12.3. The molecule has 1 aromatic rings. The molecule has 1 fully saturated rings. The van der Waals surface area contributed by atoms with Gasteiger partial charge in [-0.05, 0) is 24.3 Å². The van der Waals surface area contributed by atoms with Crippen molar-refractivity contribution in [1.82, 2.24) is 10.2 Å². The Morgan fingerprint density at radius 3 is 2.82 bits per heavy atom. The van der Waals surface area contributed by atoms with Crippen LogP contribution in [0.1, 0.15) is 38.2 Å². The highest BCUT2D eigenvalue weighted by atomic mass is 32.1. The number of likely N-dealkylation sites (N-methyl/N-ethyl adjacent to an activating group) is 1. The molecule has 2 rings (SSSR count). The van der Waals surface area contributed by atoms with E-state index in [1.54, 1.807) is 11.3 Å². The number of amides is 1. The molecule has 1 aliphatic heterocycles. The summed E-state index contributed by atoms with van der Waals surface area (Å²) in [6, 6.07) is 4.11. The fraction of sp³-hybridized carbons (Fsp3) is 0.615. The van der Waals surface area contributed by atoms with Crippen LogP contribution >= 0.6 is 11.3 Å². The standard InChI is InChI=1S/C13H20N2OS/c1-4-9(3)11-13(16)15(5-2)12(14-11)10-7-6-8-17-10/h6-9,11-12,14H,4-5H2,1-3H3. The Morgan fingerprint density at radius 2 is 2.29 bits per heavy atom. The van der Waals surface area contributed by atoms with Crippen LogP contribution in [0.15, 0.2) is 17.5 Å². The molecule has 3 nitrogen and oxygen atoms in total. The smallest absolute Gasteiger partial charge is 0.241 e. The molecule has 0 aromatic carbocycles. The Labute approximate surface area is 107 Å². The minimum atomic E-state index is -0.0212. The van der Waals surface area contributed by atoms with Crippen molar-refractivity contribution >= 4 is 17.2 Å². The molecule has 0 bridgehead atoms. The fourth-order valence-corrected chi connectivity index (χ4v) is 3.10. The zero-order chi connectivity index (χ0) is 12.4. The van der Waals surface area contributed by atoms with Gasteiger partial charge in [0.2, 0.25) is 5.91 Å². The van der Waals surface area contributed by atoms with Crippen LogP contribution in [-0.2, 0) is 4.79 Å². The maximum Gasteiger partial charge on any atom is 0.241 e. The summed E-state index contributed by atoms with van der Waals surface area (Å²) in [5.41, 5.74) is 0. The Morgan fingerprint density at radius 1 is 1.53 bits per heavy atom. The summed E-state index contributed by atoms with van der Waals surface area (Å²) in [6.07, 6.45) is 1.10. The minimum Gasteiger partial charge on any atom is -0.321 e. The van der Waals surface area contributed by atoms with E-state index >= 15 is 0 Å². The number of carbonyl (C=O) groups is 1. The van der Waals surface area contributed by atoms with Gasteiger partial charge < -0.3 is 4.90 Å². The van der Waals surface area contributed by atoms with Crippen LogP contribution in [0, 0.1) is 5.92 Å². The van der Waals surface area contributed by atoms with E-state index in [1.807, 2.05) is 17.9 Å². The van der Waals surface area contributed by atoms with Gasteiger partial charge in [0, 0.05) is 11.4 Å². The molecule has 0 radical (unpaired) electrons. The summed E-state index contributed by atoms with van der Waals surface area (Å²) in [7, 11) is 0. The molecule has 1 amide bonds. The van der Waals surface area contributed by atoms with E-state index in [0.29, 0.717) is 5.92 Å². The highest BCUT2D eigenvalue weighted by molar-refractivity contribution is 7.10. The van der Waals surface area contributed by atoms with Gasteiger partial charge in [-0.1, -0.05) is 26.3 Å².